The molecule has 1 heterocycles. The molecule has 1 unspecified atom stereocenters. The normalized spacial score (nSPS) is 18.8. The van der Waals surface area contributed by atoms with Crippen molar-refractivity contribution in [3.05, 3.63) is 11.7 Å². The zero-order valence-corrected chi connectivity index (χ0v) is 9.28. The average molecular weight is 209 g/mol. The van der Waals surface area contributed by atoms with Gasteiger partial charge < -0.3 is 10.3 Å². The van der Waals surface area contributed by atoms with Crippen LogP contribution in [0.1, 0.15) is 44.3 Å². The highest BCUT2D eigenvalue weighted by molar-refractivity contribution is 4.91. The van der Waals surface area contributed by atoms with Crippen LogP contribution in [-0.2, 0) is 12.8 Å². The molecule has 1 aromatic rings. The van der Waals surface area contributed by atoms with E-state index in [9.17, 15) is 0 Å². The van der Waals surface area contributed by atoms with Crippen molar-refractivity contribution in [1.82, 2.24) is 10.1 Å². The largest absolute Gasteiger partial charge is 0.339 e. The molecule has 2 rings (SSSR count). The summed E-state index contributed by atoms with van der Waals surface area (Å²) in [5.41, 5.74) is 5.83. The van der Waals surface area contributed by atoms with Gasteiger partial charge in [-0.1, -0.05) is 18.5 Å². The van der Waals surface area contributed by atoms with Gasteiger partial charge in [-0.2, -0.15) is 4.98 Å². The van der Waals surface area contributed by atoms with E-state index < -0.39 is 0 Å². The van der Waals surface area contributed by atoms with E-state index in [0.717, 1.165) is 36.9 Å². The van der Waals surface area contributed by atoms with Crippen LogP contribution in [0.3, 0.4) is 0 Å². The predicted octanol–water partition coefficient (Wildman–Crippen LogP) is 1.69. The van der Waals surface area contributed by atoms with Crippen LogP contribution in [0.4, 0.5) is 0 Å². The maximum absolute atomic E-state index is 5.83. The molecule has 1 saturated carbocycles. The van der Waals surface area contributed by atoms with Gasteiger partial charge in [-0.3, -0.25) is 0 Å². The molecule has 4 heteroatoms. The Labute approximate surface area is 90.2 Å². The number of nitrogens with zero attached hydrogens (tertiary/aromatic N) is 2. The highest BCUT2D eigenvalue weighted by atomic mass is 16.5. The van der Waals surface area contributed by atoms with Crippen LogP contribution in [0.15, 0.2) is 4.52 Å². The quantitative estimate of drug-likeness (QED) is 0.801. The molecule has 0 radical (unpaired) electrons. The lowest BCUT2D eigenvalue weighted by Crippen LogP contribution is -2.22. The molecular weight excluding hydrogens is 190 g/mol. The standard InChI is InChI=1S/C11H19N3O/c1-2-9(12)7-10-13-11(15-14-10)6-8-4-3-5-8/h8-9H,2-7,12H2,1H3. The number of aromatic nitrogens is 2. The number of nitrogens with two attached hydrogens (primary N) is 1. The van der Waals surface area contributed by atoms with Gasteiger partial charge in [0.15, 0.2) is 5.82 Å². The van der Waals surface area contributed by atoms with Crippen molar-refractivity contribution in [1.29, 1.82) is 0 Å². The van der Waals surface area contributed by atoms with Crippen molar-refractivity contribution >= 4 is 0 Å². The maximum atomic E-state index is 5.83. The van der Waals surface area contributed by atoms with E-state index in [4.69, 9.17) is 10.3 Å². The number of hydrogen-bond acceptors (Lipinski definition) is 4. The molecular formula is C11H19N3O. The molecule has 1 atom stereocenters. The van der Waals surface area contributed by atoms with Crippen molar-refractivity contribution in [3.8, 4) is 0 Å². The van der Waals surface area contributed by atoms with Crippen molar-refractivity contribution in [2.45, 2.75) is 51.5 Å². The Bertz CT molecular complexity index is 285. The van der Waals surface area contributed by atoms with Gasteiger partial charge in [-0.15, -0.1) is 0 Å². The molecule has 0 aromatic carbocycles. The Morgan fingerprint density at radius 2 is 2.33 bits per heavy atom. The minimum absolute atomic E-state index is 0.152. The molecule has 84 valence electrons. The summed E-state index contributed by atoms with van der Waals surface area (Å²) >= 11 is 0. The van der Waals surface area contributed by atoms with Crippen LogP contribution >= 0.6 is 0 Å². The van der Waals surface area contributed by atoms with E-state index in [1.165, 1.54) is 19.3 Å². The maximum Gasteiger partial charge on any atom is 0.226 e. The summed E-state index contributed by atoms with van der Waals surface area (Å²) in [5.74, 6) is 2.33. The van der Waals surface area contributed by atoms with Crippen molar-refractivity contribution in [2.24, 2.45) is 11.7 Å². The first kappa shape index (κ1) is 10.6. The summed E-state index contributed by atoms with van der Waals surface area (Å²) in [4.78, 5) is 4.36. The molecule has 15 heavy (non-hydrogen) atoms. The summed E-state index contributed by atoms with van der Waals surface area (Å²) < 4.78 is 5.20. The second-order valence-electron chi connectivity index (χ2n) is 4.48. The SMILES string of the molecule is CCC(N)Cc1noc(CC2CCC2)n1. The van der Waals surface area contributed by atoms with Crippen molar-refractivity contribution < 1.29 is 4.52 Å². The van der Waals surface area contributed by atoms with Crippen LogP contribution in [0, 0.1) is 5.92 Å². The number of rotatable bonds is 5. The van der Waals surface area contributed by atoms with E-state index in [1.54, 1.807) is 0 Å². The van der Waals surface area contributed by atoms with Gasteiger partial charge in [0.1, 0.15) is 0 Å². The molecule has 1 aliphatic rings. The fourth-order valence-electron chi connectivity index (χ4n) is 1.78. The van der Waals surface area contributed by atoms with Crippen LogP contribution in [0.2, 0.25) is 0 Å². The predicted molar refractivity (Wildman–Crippen MR) is 57.3 cm³/mol. The Kier molecular flexibility index (Phi) is 3.36. The number of hydrogen-bond donors (Lipinski definition) is 1. The second kappa shape index (κ2) is 4.75. The Morgan fingerprint density at radius 3 is 2.93 bits per heavy atom. The molecule has 0 spiro atoms. The summed E-state index contributed by atoms with van der Waals surface area (Å²) in [6, 6.07) is 0.152. The fraction of sp³-hybridized carbons (Fsp3) is 0.818. The monoisotopic (exact) mass is 209 g/mol. The van der Waals surface area contributed by atoms with E-state index in [-0.39, 0.29) is 6.04 Å². The third-order valence-electron chi connectivity index (χ3n) is 3.17. The lowest BCUT2D eigenvalue weighted by Gasteiger charge is -2.23. The van der Waals surface area contributed by atoms with Gasteiger partial charge in [0.2, 0.25) is 5.89 Å². The molecule has 0 amide bonds. The first-order valence-corrected chi connectivity index (χ1v) is 5.85. The van der Waals surface area contributed by atoms with Crippen LogP contribution in [-0.4, -0.2) is 16.2 Å². The highest BCUT2D eigenvalue weighted by Gasteiger charge is 2.21. The first-order chi connectivity index (χ1) is 7.28. The van der Waals surface area contributed by atoms with Crippen LogP contribution in [0.5, 0.6) is 0 Å². The van der Waals surface area contributed by atoms with E-state index >= 15 is 0 Å². The van der Waals surface area contributed by atoms with Crippen molar-refractivity contribution in [3.63, 3.8) is 0 Å². The van der Waals surface area contributed by atoms with Gasteiger partial charge in [0.05, 0.1) is 0 Å². The highest BCUT2D eigenvalue weighted by Crippen LogP contribution is 2.29. The molecule has 0 aliphatic heterocycles. The van der Waals surface area contributed by atoms with Gasteiger partial charge in [0.25, 0.3) is 0 Å². The van der Waals surface area contributed by atoms with Gasteiger partial charge in [-0.25, -0.2) is 0 Å². The van der Waals surface area contributed by atoms with E-state index in [2.05, 4.69) is 17.1 Å². The zero-order valence-electron chi connectivity index (χ0n) is 9.28. The summed E-state index contributed by atoms with van der Waals surface area (Å²) in [6.07, 6.45) is 6.61. The van der Waals surface area contributed by atoms with Crippen molar-refractivity contribution in [2.75, 3.05) is 0 Å². The topological polar surface area (TPSA) is 64.9 Å². The molecule has 4 nitrogen and oxygen atoms in total. The van der Waals surface area contributed by atoms with Crippen LogP contribution in [0.25, 0.3) is 0 Å². The summed E-state index contributed by atoms with van der Waals surface area (Å²) in [5, 5.41) is 3.95. The Balaban J connectivity index is 1.85. The van der Waals surface area contributed by atoms with Gasteiger partial charge in [-0.05, 0) is 25.2 Å². The lowest BCUT2D eigenvalue weighted by atomic mass is 9.83. The average Bonchev–Trinajstić information content (AvgIpc) is 2.59. The molecule has 1 fully saturated rings. The van der Waals surface area contributed by atoms with Gasteiger partial charge >= 0.3 is 0 Å². The summed E-state index contributed by atoms with van der Waals surface area (Å²) in [7, 11) is 0. The molecule has 1 aliphatic carbocycles. The smallest absolute Gasteiger partial charge is 0.226 e. The Hall–Kier alpha value is -0.900. The summed E-state index contributed by atoms with van der Waals surface area (Å²) in [6.45, 7) is 2.07. The van der Waals surface area contributed by atoms with E-state index in [0.29, 0.717) is 0 Å². The third kappa shape index (κ3) is 2.78. The lowest BCUT2D eigenvalue weighted by molar-refractivity contribution is 0.273. The molecule has 0 bridgehead atoms. The minimum atomic E-state index is 0.152. The zero-order chi connectivity index (χ0) is 10.7. The Morgan fingerprint density at radius 1 is 1.53 bits per heavy atom. The van der Waals surface area contributed by atoms with Gasteiger partial charge in [0, 0.05) is 18.9 Å². The third-order valence-corrected chi connectivity index (χ3v) is 3.17. The van der Waals surface area contributed by atoms with E-state index in [1.807, 2.05) is 0 Å². The second-order valence-corrected chi connectivity index (χ2v) is 4.48. The molecule has 1 aromatic heterocycles. The minimum Gasteiger partial charge on any atom is -0.339 e. The fourth-order valence-corrected chi connectivity index (χ4v) is 1.78. The first-order valence-electron chi connectivity index (χ1n) is 5.85. The molecule has 2 N–H and O–H groups in total. The van der Waals surface area contributed by atoms with Crippen LogP contribution < -0.4 is 5.73 Å². The molecule has 0 saturated heterocycles.